The van der Waals surface area contributed by atoms with E-state index in [1.165, 1.54) is 19.2 Å². The van der Waals surface area contributed by atoms with E-state index in [9.17, 15) is 0 Å². The summed E-state index contributed by atoms with van der Waals surface area (Å²) in [5.74, 6) is 1.55. The van der Waals surface area contributed by atoms with Gasteiger partial charge in [-0.05, 0) is 18.9 Å². The van der Waals surface area contributed by atoms with Gasteiger partial charge in [0.25, 0.3) is 0 Å². The van der Waals surface area contributed by atoms with Crippen molar-refractivity contribution in [2.45, 2.75) is 24.6 Å². The first kappa shape index (κ1) is 11.0. The SMILES string of the molecule is ClCc1c(Cl)ncnc1-n1ccc(C2CC2)n1. The molecule has 6 heteroatoms. The highest BCUT2D eigenvalue weighted by atomic mass is 35.5. The van der Waals surface area contributed by atoms with Crippen molar-refractivity contribution in [1.29, 1.82) is 0 Å². The van der Waals surface area contributed by atoms with Crippen LogP contribution in [0.3, 0.4) is 0 Å². The zero-order valence-corrected chi connectivity index (χ0v) is 10.5. The summed E-state index contributed by atoms with van der Waals surface area (Å²) in [5, 5.41) is 4.88. The molecule has 0 aliphatic heterocycles. The van der Waals surface area contributed by atoms with E-state index in [0.29, 0.717) is 22.5 Å². The Morgan fingerprint density at radius 2 is 2.18 bits per heavy atom. The molecule has 2 aromatic rings. The van der Waals surface area contributed by atoms with Gasteiger partial charge in [-0.25, -0.2) is 14.6 Å². The molecule has 0 saturated heterocycles. The maximum atomic E-state index is 5.98. The third-order valence-electron chi connectivity index (χ3n) is 2.83. The third kappa shape index (κ3) is 2.03. The minimum absolute atomic E-state index is 0.271. The lowest BCUT2D eigenvalue weighted by molar-refractivity contribution is 0.798. The molecule has 2 aromatic heterocycles. The molecule has 0 N–H and O–H groups in total. The molecule has 0 atom stereocenters. The van der Waals surface area contributed by atoms with Crippen molar-refractivity contribution in [3.63, 3.8) is 0 Å². The minimum Gasteiger partial charge on any atom is -0.224 e. The third-order valence-corrected chi connectivity index (χ3v) is 3.42. The van der Waals surface area contributed by atoms with Crippen LogP contribution in [0.15, 0.2) is 18.6 Å². The van der Waals surface area contributed by atoms with Crippen molar-refractivity contribution >= 4 is 23.2 Å². The quantitative estimate of drug-likeness (QED) is 0.635. The maximum Gasteiger partial charge on any atom is 0.162 e. The van der Waals surface area contributed by atoms with Gasteiger partial charge in [0, 0.05) is 17.7 Å². The highest BCUT2D eigenvalue weighted by Crippen LogP contribution is 2.39. The highest BCUT2D eigenvalue weighted by molar-refractivity contribution is 6.31. The van der Waals surface area contributed by atoms with Crippen molar-refractivity contribution in [3.05, 3.63) is 35.0 Å². The molecule has 1 aliphatic carbocycles. The van der Waals surface area contributed by atoms with Crippen molar-refractivity contribution in [1.82, 2.24) is 19.7 Å². The second-order valence-corrected chi connectivity index (χ2v) is 4.68. The van der Waals surface area contributed by atoms with Gasteiger partial charge < -0.3 is 0 Å². The molecule has 0 unspecified atom stereocenters. The van der Waals surface area contributed by atoms with Gasteiger partial charge in [0.1, 0.15) is 11.5 Å². The first-order valence-corrected chi connectivity index (χ1v) is 6.32. The van der Waals surface area contributed by atoms with Gasteiger partial charge >= 0.3 is 0 Å². The van der Waals surface area contributed by atoms with Gasteiger partial charge in [0.15, 0.2) is 5.82 Å². The van der Waals surface area contributed by atoms with E-state index < -0.39 is 0 Å². The van der Waals surface area contributed by atoms with Crippen LogP contribution < -0.4 is 0 Å². The van der Waals surface area contributed by atoms with Crippen LogP contribution in [0.25, 0.3) is 5.82 Å². The average Bonchev–Trinajstić information content (AvgIpc) is 3.07. The van der Waals surface area contributed by atoms with Crippen LogP contribution in [0.1, 0.15) is 30.0 Å². The fourth-order valence-electron chi connectivity index (χ4n) is 1.75. The normalized spacial score (nSPS) is 15.2. The molecular weight excluding hydrogens is 259 g/mol. The van der Waals surface area contributed by atoms with E-state index in [2.05, 4.69) is 15.1 Å². The molecule has 88 valence electrons. The van der Waals surface area contributed by atoms with Crippen LogP contribution in [0.5, 0.6) is 0 Å². The highest BCUT2D eigenvalue weighted by Gasteiger charge is 2.26. The first-order valence-electron chi connectivity index (χ1n) is 5.41. The van der Waals surface area contributed by atoms with Crippen molar-refractivity contribution in [2.75, 3.05) is 0 Å². The maximum absolute atomic E-state index is 5.98. The van der Waals surface area contributed by atoms with Gasteiger partial charge in [-0.15, -0.1) is 11.6 Å². The molecule has 0 aromatic carbocycles. The number of alkyl halides is 1. The molecule has 1 fully saturated rings. The summed E-state index contributed by atoms with van der Waals surface area (Å²) in [6, 6.07) is 2.02. The largest absolute Gasteiger partial charge is 0.224 e. The van der Waals surface area contributed by atoms with Crippen LogP contribution in [0, 0.1) is 0 Å². The Hall–Kier alpha value is -1.13. The summed E-state index contributed by atoms with van der Waals surface area (Å²) >= 11 is 11.8. The summed E-state index contributed by atoms with van der Waals surface area (Å²) in [5.41, 5.74) is 1.82. The summed E-state index contributed by atoms with van der Waals surface area (Å²) in [7, 11) is 0. The summed E-state index contributed by atoms with van der Waals surface area (Å²) in [6.07, 6.45) is 5.77. The first-order chi connectivity index (χ1) is 8.29. The lowest BCUT2D eigenvalue weighted by Gasteiger charge is -2.06. The lowest BCUT2D eigenvalue weighted by Crippen LogP contribution is -2.04. The smallest absolute Gasteiger partial charge is 0.162 e. The van der Waals surface area contributed by atoms with Crippen LogP contribution in [-0.4, -0.2) is 19.7 Å². The number of aromatic nitrogens is 4. The Kier molecular flexibility index (Phi) is 2.76. The summed E-state index contributed by atoms with van der Waals surface area (Å²) in [6.45, 7) is 0. The molecule has 1 saturated carbocycles. The molecule has 2 heterocycles. The number of hydrogen-bond donors (Lipinski definition) is 0. The zero-order valence-electron chi connectivity index (χ0n) is 8.98. The Labute approximate surface area is 109 Å². The van der Waals surface area contributed by atoms with Crippen LogP contribution in [-0.2, 0) is 5.88 Å². The molecule has 1 aliphatic rings. The number of nitrogens with zero attached hydrogens (tertiary/aromatic N) is 4. The lowest BCUT2D eigenvalue weighted by atomic mass is 10.3. The Balaban J connectivity index is 2.04. The van der Waals surface area contributed by atoms with Crippen LogP contribution in [0.2, 0.25) is 5.15 Å². The molecule has 0 radical (unpaired) electrons. The fourth-order valence-corrected chi connectivity index (χ4v) is 2.26. The Morgan fingerprint density at radius 3 is 2.88 bits per heavy atom. The minimum atomic E-state index is 0.271. The molecule has 0 amide bonds. The summed E-state index contributed by atoms with van der Waals surface area (Å²) in [4.78, 5) is 8.11. The van der Waals surface area contributed by atoms with E-state index in [0.717, 1.165) is 5.69 Å². The number of rotatable bonds is 3. The summed E-state index contributed by atoms with van der Waals surface area (Å²) < 4.78 is 1.72. The number of halogens is 2. The molecule has 4 nitrogen and oxygen atoms in total. The van der Waals surface area contributed by atoms with E-state index in [1.807, 2.05) is 12.3 Å². The molecule has 0 spiro atoms. The standard InChI is InChI=1S/C11H10Cl2N4/c12-5-8-10(13)14-6-15-11(8)17-4-3-9(16-17)7-1-2-7/h3-4,6-7H,1-2,5H2. The monoisotopic (exact) mass is 268 g/mol. The van der Waals surface area contributed by atoms with Gasteiger partial charge in [-0.3, -0.25) is 0 Å². The Bertz CT molecular complexity index is 548. The van der Waals surface area contributed by atoms with Gasteiger partial charge in [-0.1, -0.05) is 11.6 Å². The van der Waals surface area contributed by atoms with Crippen molar-refractivity contribution in [3.8, 4) is 5.82 Å². The predicted molar refractivity (Wildman–Crippen MR) is 65.7 cm³/mol. The van der Waals surface area contributed by atoms with Crippen LogP contribution >= 0.6 is 23.2 Å². The van der Waals surface area contributed by atoms with Gasteiger partial charge in [-0.2, -0.15) is 5.10 Å². The fraction of sp³-hybridized carbons (Fsp3) is 0.364. The number of hydrogen-bond acceptors (Lipinski definition) is 3. The zero-order chi connectivity index (χ0) is 11.8. The van der Waals surface area contributed by atoms with Crippen LogP contribution in [0.4, 0.5) is 0 Å². The van der Waals surface area contributed by atoms with Crippen molar-refractivity contribution < 1.29 is 0 Å². The molecule has 3 rings (SSSR count). The molecule has 17 heavy (non-hydrogen) atoms. The molecule has 0 bridgehead atoms. The van der Waals surface area contributed by atoms with Gasteiger partial charge in [0.05, 0.1) is 11.6 Å². The topological polar surface area (TPSA) is 43.6 Å². The van der Waals surface area contributed by atoms with Crippen molar-refractivity contribution in [2.24, 2.45) is 0 Å². The van der Waals surface area contributed by atoms with E-state index in [4.69, 9.17) is 23.2 Å². The molecular formula is C11H10Cl2N4. The van der Waals surface area contributed by atoms with E-state index in [1.54, 1.807) is 4.68 Å². The van der Waals surface area contributed by atoms with E-state index >= 15 is 0 Å². The Morgan fingerprint density at radius 1 is 1.35 bits per heavy atom. The second-order valence-electron chi connectivity index (χ2n) is 4.06. The predicted octanol–water partition coefficient (Wildman–Crippen LogP) is 2.93. The average molecular weight is 269 g/mol. The van der Waals surface area contributed by atoms with E-state index in [-0.39, 0.29) is 5.88 Å². The van der Waals surface area contributed by atoms with Gasteiger partial charge in [0.2, 0.25) is 0 Å². The second kappa shape index (κ2) is 4.27.